The molecule has 5 heteroatoms. The van der Waals surface area contributed by atoms with E-state index in [2.05, 4.69) is 6.58 Å². The highest BCUT2D eigenvalue weighted by Crippen LogP contribution is 2.30. The van der Waals surface area contributed by atoms with Crippen LogP contribution in [-0.4, -0.2) is 33.9 Å². The van der Waals surface area contributed by atoms with Crippen molar-refractivity contribution in [1.82, 2.24) is 4.90 Å². The van der Waals surface area contributed by atoms with Gasteiger partial charge in [-0.2, -0.15) is 0 Å². The van der Waals surface area contributed by atoms with Gasteiger partial charge in [-0.15, -0.1) is 18.2 Å². The first-order valence-electron chi connectivity index (χ1n) is 9.84. The van der Waals surface area contributed by atoms with E-state index in [9.17, 15) is 9.90 Å². The van der Waals surface area contributed by atoms with E-state index in [0.717, 1.165) is 11.3 Å². The fraction of sp³-hybridized carbons (Fsp3) is 0.240. The molecule has 0 aliphatic heterocycles. The van der Waals surface area contributed by atoms with Crippen LogP contribution in [0.25, 0.3) is 0 Å². The summed E-state index contributed by atoms with van der Waals surface area (Å²) in [5, 5.41) is 10.8. The Labute approximate surface area is 182 Å². The smallest absolute Gasteiger partial charge is 0.238 e. The van der Waals surface area contributed by atoms with Gasteiger partial charge in [0, 0.05) is 0 Å². The normalized spacial score (nSPS) is 18.6. The van der Waals surface area contributed by atoms with Crippen molar-refractivity contribution in [2.75, 3.05) is 12.4 Å². The Balaban J connectivity index is 1.74. The number of hydrogen-bond donors (Lipinski definition) is 1. The molecule has 2 aromatic carbocycles. The van der Waals surface area contributed by atoms with Crippen LogP contribution in [0, 0.1) is 6.92 Å². The number of aryl methyl sites for hydroxylation is 1. The average Bonchev–Trinajstić information content (AvgIpc) is 2.79. The van der Waals surface area contributed by atoms with Gasteiger partial charge < -0.3 is 14.7 Å². The van der Waals surface area contributed by atoms with E-state index in [0.29, 0.717) is 17.7 Å². The molecule has 0 spiro atoms. The maximum Gasteiger partial charge on any atom is 0.238 e. The lowest BCUT2D eigenvalue weighted by molar-refractivity contribution is -0.133. The number of carbonyl (C=O) groups is 1. The second-order valence-corrected chi connectivity index (χ2v) is 7.59. The monoisotopic (exact) mass is 423 g/mol. The van der Waals surface area contributed by atoms with E-state index in [1.165, 1.54) is 0 Å². The van der Waals surface area contributed by atoms with Gasteiger partial charge in [-0.3, -0.25) is 4.79 Å². The SMILES string of the molecule is C=C[C@@]1(N(CC(O)c2ccc(Oc3ccc(C)cc3)cc2)C(=O)CCl)C=CC=CC1. The lowest BCUT2D eigenvalue weighted by atomic mass is 9.88. The summed E-state index contributed by atoms with van der Waals surface area (Å²) in [6.45, 7) is 6.04. The first-order chi connectivity index (χ1) is 14.5. The molecule has 156 valence electrons. The predicted octanol–water partition coefficient (Wildman–Crippen LogP) is 5.33. The van der Waals surface area contributed by atoms with Gasteiger partial charge in [-0.25, -0.2) is 0 Å². The zero-order valence-corrected chi connectivity index (χ0v) is 17.8. The van der Waals surface area contributed by atoms with Crippen LogP contribution in [0.2, 0.25) is 0 Å². The third-order valence-electron chi connectivity index (χ3n) is 5.23. The standard InChI is InChI=1S/C25H26ClNO3/c1-3-25(15-5-4-6-16-25)27(24(29)17-26)18-23(28)20-9-13-22(14-10-20)30-21-11-7-19(2)8-12-21/h3-15,23,28H,1,16-18H2,2H3/t23?,25-/m1/s1. The molecule has 0 bridgehead atoms. The topological polar surface area (TPSA) is 49.8 Å². The molecule has 1 aliphatic rings. The summed E-state index contributed by atoms with van der Waals surface area (Å²) < 4.78 is 5.84. The van der Waals surface area contributed by atoms with Crippen LogP contribution in [0.5, 0.6) is 11.5 Å². The van der Waals surface area contributed by atoms with Crippen LogP contribution in [0.4, 0.5) is 0 Å². The number of amides is 1. The van der Waals surface area contributed by atoms with Gasteiger partial charge in [0.15, 0.2) is 0 Å². The van der Waals surface area contributed by atoms with E-state index in [1.807, 2.05) is 55.5 Å². The minimum Gasteiger partial charge on any atom is -0.457 e. The van der Waals surface area contributed by atoms with Gasteiger partial charge >= 0.3 is 0 Å². The summed E-state index contributed by atoms with van der Waals surface area (Å²) in [6, 6.07) is 15.0. The molecule has 0 aromatic heterocycles. The van der Waals surface area contributed by atoms with E-state index >= 15 is 0 Å². The first-order valence-corrected chi connectivity index (χ1v) is 10.4. The molecule has 30 heavy (non-hydrogen) atoms. The third-order valence-corrected chi connectivity index (χ3v) is 5.45. The van der Waals surface area contributed by atoms with Crippen LogP contribution < -0.4 is 4.74 Å². The van der Waals surface area contributed by atoms with Crippen molar-refractivity contribution in [3.63, 3.8) is 0 Å². The lowest BCUT2D eigenvalue weighted by Gasteiger charge is -2.41. The number of benzene rings is 2. The van der Waals surface area contributed by atoms with Crippen molar-refractivity contribution in [2.24, 2.45) is 0 Å². The Kier molecular flexibility index (Phi) is 7.14. The Morgan fingerprint density at radius 1 is 1.20 bits per heavy atom. The Morgan fingerprint density at radius 2 is 1.83 bits per heavy atom. The number of carbonyl (C=O) groups excluding carboxylic acids is 1. The molecule has 2 atom stereocenters. The molecule has 0 saturated heterocycles. The van der Waals surface area contributed by atoms with Crippen LogP contribution in [0.15, 0.2) is 85.5 Å². The number of β-amino-alcohol motifs (C(OH)–C–C–N with tert-alkyl or cyclic N) is 1. The zero-order valence-electron chi connectivity index (χ0n) is 17.0. The van der Waals surface area contributed by atoms with Gasteiger partial charge in [-0.05, 0) is 43.2 Å². The van der Waals surface area contributed by atoms with Crippen molar-refractivity contribution < 1.29 is 14.6 Å². The van der Waals surface area contributed by atoms with Gasteiger partial charge in [0.25, 0.3) is 0 Å². The Bertz CT molecular complexity index is 934. The number of rotatable bonds is 8. The molecule has 2 aromatic rings. The molecule has 1 amide bonds. The van der Waals surface area contributed by atoms with Gasteiger partial charge in [0.05, 0.1) is 18.2 Å². The van der Waals surface area contributed by atoms with E-state index in [1.54, 1.807) is 35.2 Å². The summed E-state index contributed by atoms with van der Waals surface area (Å²) in [7, 11) is 0. The highest BCUT2D eigenvalue weighted by Gasteiger charge is 2.35. The number of alkyl halides is 1. The van der Waals surface area contributed by atoms with E-state index < -0.39 is 11.6 Å². The Morgan fingerprint density at radius 3 is 2.37 bits per heavy atom. The first kappa shape index (κ1) is 21.9. The van der Waals surface area contributed by atoms with E-state index in [-0.39, 0.29) is 18.3 Å². The molecule has 0 heterocycles. The minimum atomic E-state index is -0.873. The molecule has 1 unspecified atom stereocenters. The predicted molar refractivity (Wildman–Crippen MR) is 121 cm³/mol. The van der Waals surface area contributed by atoms with Gasteiger partial charge in [-0.1, -0.05) is 60.2 Å². The molecule has 3 rings (SSSR count). The van der Waals surface area contributed by atoms with Crippen molar-refractivity contribution >= 4 is 17.5 Å². The minimum absolute atomic E-state index is 0.105. The van der Waals surface area contributed by atoms with Crippen LogP contribution >= 0.6 is 11.6 Å². The van der Waals surface area contributed by atoms with Crippen molar-refractivity contribution in [1.29, 1.82) is 0 Å². The van der Waals surface area contributed by atoms with Crippen molar-refractivity contribution in [2.45, 2.75) is 25.0 Å². The summed E-state index contributed by atoms with van der Waals surface area (Å²) >= 11 is 5.86. The van der Waals surface area contributed by atoms with Crippen LogP contribution in [0.1, 0.15) is 23.7 Å². The highest BCUT2D eigenvalue weighted by atomic mass is 35.5. The number of aliphatic hydroxyl groups is 1. The molecule has 0 saturated carbocycles. The number of halogens is 1. The maximum atomic E-state index is 12.6. The Hall–Kier alpha value is -2.82. The van der Waals surface area contributed by atoms with Gasteiger partial charge in [0.2, 0.25) is 5.91 Å². The summed E-state index contributed by atoms with van der Waals surface area (Å²) in [5.41, 5.74) is 1.15. The fourth-order valence-corrected chi connectivity index (χ4v) is 3.59. The number of nitrogens with zero attached hydrogens (tertiary/aromatic N) is 1. The summed E-state index contributed by atoms with van der Waals surface area (Å²) in [4.78, 5) is 14.2. The van der Waals surface area contributed by atoms with Crippen molar-refractivity contribution in [3.05, 3.63) is 96.6 Å². The quantitative estimate of drug-likeness (QED) is 0.461. The largest absolute Gasteiger partial charge is 0.457 e. The highest BCUT2D eigenvalue weighted by molar-refractivity contribution is 6.27. The maximum absolute atomic E-state index is 12.6. The third kappa shape index (κ3) is 5.02. The van der Waals surface area contributed by atoms with Crippen LogP contribution in [0.3, 0.4) is 0 Å². The molecule has 4 nitrogen and oxygen atoms in total. The lowest BCUT2D eigenvalue weighted by Crippen LogP contribution is -2.51. The zero-order chi connectivity index (χ0) is 21.6. The number of ether oxygens (including phenoxy) is 1. The van der Waals surface area contributed by atoms with Crippen molar-refractivity contribution in [3.8, 4) is 11.5 Å². The molecular formula is C25H26ClNO3. The molecule has 1 aliphatic carbocycles. The summed E-state index contributed by atoms with van der Waals surface area (Å²) in [6.07, 6.45) is 9.13. The molecular weight excluding hydrogens is 398 g/mol. The number of hydrogen-bond acceptors (Lipinski definition) is 3. The molecule has 0 fully saturated rings. The van der Waals surface area contributed by atoms with E-state index in [4.69, 9.17) is 16.3 Å². The number of allylic oxidation sites excluding steroid dienone is 2. The van der Waals surface area contributed by atoms with Gasteiger partial charge in [0.1, 0.15) is 17.4 Å². The number of aliphatic hydroxyl groups excluding tert-OH is 1. The molecule has 0 radical (unpaired) electrons. The average molecular weight is 424 g/mol. The fourth-order valence-electron chi connectivity index (χ4n) is 3.44. The second kappa shape index (κ2) is 9.79. The second-order valence-electron chi connectivity index (χ2n) is 7.32. The molecule has 1 N–H and O–H groups in total. The van der Waals surface area contributed by atoms with Crippen LogP contribution in [-0.2, 0) is 4.79 Å². The summed E-state index contributed by atoms with van der Waals surface area (Å²) in [5.74, 6) is 1.00.